The minimum atomic E-state index is -0.109. The second-order valence-corrected chi connectivity index (χ2v) is 7.56. The average molecular weight is 351 g/mol. The maximum absolute atomic E-state index is 13.1. The van der Waals surface area contributed by atoms with Crippen LogP contribution in [-0.2, 0) is 5.41 Å². The highest BCUT2D eigenvalue weighted by Crippen LogP contribution is 2.64. The molecule has 2 heterocycles. The number of likely N-dealkylation sites (N-methyl/N-ethyl adjacent to an activating group) is 1. The highest BCUT2D eigenvalue weighted by atomic mass is 16.2. The second-order valence-electron chi connectivity index (χ2n) is 7.56. The van der Waals surface area contributed by atoms with Gasteiger partial charge in [0.1, 0.15) is 11.9 Å². The Morgan fingerprint density at radius 1 is 1.31 bits per heavy atom. The first-order valence-electron chi connectivity index (χ1n) is 8.52. The third kappa shape index (κ3) is 2.49. The molecule has 1 atom stereocenters. The minimum absolute atomic E-state index is 0.0304. The molecule has 8 heteroatoms. The Morgan fingerprint density at radius 3 is 2.65 bits per heavy atom. The van der Waals surface area contributed by atoms with Gasteiger partial charge in [-0.25, -0.2) is 0 Å². The summed E-state index contributed by atoms with van der Waals surface area (Å²) in [5.41, 5.74) is 1.84. The molecule has 1 N–H and O–H groups in total. The van der Waals surface area contributed by atoms with E-state index in [2.05, 4.69) is 63.8 Å². The van der Waals surface area contributed by atoms with Crippen molar-refractivity contribution >= 4 is 5.91 Å². The maximum Gasteiger partial charge on any atom is 0.259 e. The van der Waals surface area contributed by atoms with Crippen LogP contribution in [0.2, 0.25) is 0 Å². The van der Waals surface area contributed by atoms with Crippen LogP contribution in [0, 0.1) is 5.41 Å². The summed E-state index contributed by atoms with van der Waals surface area (Å²) in [6.07, 6.45) is 4.00. The lowest BCUT2D eigenvalue weighted by Crippen LogP contribution is -2.37. The molecule has 134 valence electrons. The smallest absolute Gasteiger partial charge is 0.259 e. The molecule has 1 aliphatic carbocycles. The summed E-state index contributed by atoms with van der Waals surface area (Å²) in [5, 5.41) is 17.8. The van der Waals surface area contributed by atoms with Crippen LogP contribution in [0.4, 0.5) is 0 Å². The van der Waals surface area contributed by atoms with E-state index in [1.807, 2.05) is 13.1 Å². The number of carbonyl (C=O) groups is 1. The lowest BCUT2D eigenvalue weighted by Gasteiger charge is -2.27. The largest absolute Gasteiger partial charge is 0.341 e. The average Bonchev–Trinajstić information content (AvgIpc) is 3.10. The van der Waals surface area contributed by atoms with Gasteiger partial charge in [-0.2, -0.15) is 9.78 Å². The molecule has 0 radical (unpaired) electrons. The molecule has 8 nitrogen and oxygen atoms in total. The van der Waals surface area contributed by atoms with Crippen LogP contribution in [0.25, 0.3) is 5.82 Å². The third-order valence-corrected chi connectivity index (χ3v) is 5.52. The standard InChI is InChI=1S/C18H21N7O/c1-17(2)10-18(17,13-7-5-4-6-8-13)11-24(3)16(26)14-9-19-21-15(14)25-12-20-22-23-25/h4-9,12H,10-11H2,1-3H3,(H,19,21). The fraction of sp³-hybridized carbons (Fsp3) is 0.389. The van der Waals surface area contributed by atoms with Crippen molar-refractivity contribution in [3.8, 4) is 5.82 Å². The van der Waals surface area contributed by atoms with Gasteiger partial charge in [-0.3, -0.25) is 9.89 Å². The topological polar surface area (TPSA) is 92.6 Å². The van der Waals surface area contributed by atoms with Crippen molar-refractivity contribution in [1.29, 1.82) is 0 Å². The zero-order valence-corrected chi connectivity index (χ0v) is 15.0. The van der Waals surface area contributed by atoms with Gasteiger partial charge in [0.05, 0.1) is 6.20 Å². The number of aromatic amines is 1. The molecule has 1 aliphatic rings. The summed E-state index contributed by atoms with van der Waals surface area (Å²) >= 11 is 0. The molecule has 0 spiro atoms. The van der Waals surface area contributed by atoms with Crippen LogP contribution in [0.15, 0.2) is 42.9 Å². The van der Waals surface area contributed by atoms with E-state index in [9.17, 15) is 4.79 Å². The molecule has 1 unspecified atom stereocenters. The van der Waals surface area contributed by atoms with E-state index >= 15 is 0 Å². The highest BCUT2D eigenvalue weighted by molar-refractivity contribution is 5.96. The normalized spacial score (nSPS) is 20.7. The van der Waals surface area contributed by atoms with Crippen molar-refractivity contribution in [1.82, 2.24) is 35.3 Å². The number of hydrogen-bond acceptors (Lipinski definition) is 5. The number of nitrogens with one attached hydrogen (secondary N) is 1. The van der Waals surface area contributed by atoms with Crippen LogP contribution >= 0.6 is 0 Å². The van der Waals surface area contributed by atoms with Gasteiger partial charge in [0.2, 0.25) is 0 Å². The number of tetrazole rings is 1. The van der Waals surface area contributed by atoms with E-state index in [-0.39, 0.29) is 16.7 Å². The number of carbonyl (C=O) groups excluding carboxylic acids is 1. The molecular formula is C18H21N7O. The van der Waals surface area contributed by atoms with Crippen LogP contribution < -0.4 is 0 Å². The lowest BCUT2D eigenvalue weighted by molar-refractivity contribution is 0.0775. The minimum Gasteiger partial charge on any atom is -0.341 e. The molecule has 0 aliphatic heterocycles. The molecule has 1 fully saturated rings. The number of nitrogens with zero attached hydrogens (tertiary/aromatic N) is 6. The Bertz CT molecular complexity index is 916. The summed E-state index contributed by atoms with van der Waals surface area (Å²) in [6.45, 7) is 5.15. The Morgan fingerprint density at radius 2 is 2.04 bits per heavy atom. The zero-order chi connectivity index (χ0) is 18.4. The van der Waals surface area contributed by atoms with Crippen LogP contribution in [0.5, 0.6) is 0 Å². The predicted molar refractivity (Wildman–Crippen MR) is 94.8 cm³/mol. The first-order valence-corrected chi connectivity index (χ1v) is 8.52. The van der Waals surface area contributed by atoms with Crippen molar-refractivity contribution in [2.75, 3.05) is 13.6 Å². The fourth-order valence-electron chi connectivity index (χ4n) is 3.88. The van der Waals surface area contributed by atoms with Gasteiger partial charge in [0.15, 0.2) is 5.82 Å². The SMILES string of the molecule is CN(CC1(c2ccccc2)CC1(C)C)C(=O)c1cn[nH]c1-n1cnnn1. The number of amides is 1. The van der Waals surface area contributed by atoms with Gasteiger partial charge in [-0.15, -0.1) is 5.10 Å². The number of aromatic nitrogens is 6. The van der Waals surface area contributed by atoms with E-state index < -0.39 is 0 Å². The van der Waals surface area contributed by atoms with Gasteiger partial charge >= 0.3 is 0 Å². The summed E-state index contributed by atoms with van der Waals surface area (Å²) in [4.78, 5) is 14.8. The molecule has 4 rings (SSSR count). The van der Waals surface area contributed by atoms with Crippen molar-refractivity contribution in [3.05, 3.63) is 54.0 Å². The highest BCUT2D eigenvalue weighted by Gasteiger charge is 2.62. The molecule has 0 bridgehead atoms. The molecule has 0 saturated heterocycles. The van der Waals surface area contributed by atoms with E-state index in [0.29, 0.717) is 17.9 Å². The van der Waals surface area contributed by atoms with Gasteiger partial charge in [0, 0.05) is 19.0 Å². The Hall–Kier alpha value is -3.03. The monoisotopic (exact) mass is 351 g/mol. The zero-order valence-electron chi connectivity index (χ0n) is 15.0. The van der Waals surface area contributed by atoms with E-state index in [0.717, 1.165) is 6.42 Å². The third-order valence-electron chi connectivity index (χ3n) is 5.52. The number of H-pyrrole nitrogens is 1. The summed E-state index contributed by atoms with van der Waals surface area (Å²) in [7, 11) is 1.83. The van der Waals surface area contributed by atoms with E-state index in [1.165, 1.54) is 22.8 Å². The molecule has 2 aromatic heterocycles. The summed E-state index contributed by atoms with van der Waals surface area (Å²) in [6, 6.07) is 10.4. The van der Waals surface area contributed by atoms with Crippen molar-refractivity contribution in [2.45, 2.75) is 25.7 Å². The molecule has 1 amide bonds. The van der Waals surface area contributed by atoms with E-state index in [4.69, 9.17) is 0 Å². The Kier molecular flexibility index (Phi) is 3.64. The summed E-state index contributed by atoms with van der Waals surface area (Å²) < 4.78 is 1.40. The van der Waals surface area contributed by atoms with Gasteiger partial charge in [-0.1, -0.05) is 44.2 Å². The van der Waals surface area contributed by atoms with Crippen molar-refractivity contribution < 1.29 is 4.79 Å². The van der Waals surface area contributed by atoms with Crippen LogP contribution in [0.1, 0.15) is 36.2 Å². The van der Waals surface area contributed by atoms with Crippen LogP contribution in [-0.4, -0.2) is 54.8 Å². The first kappa shape index (κ1) is 16.4. The van der Waals surface area contributed by atoms with Crippen LogP contribution in [0.3, 0.4) is 0 Å². The molecule has 26 heavy (non-hydrogen) atoms. The number of hydrogen-bond donors (Lipinski definition) is 1. The lowest BCUT2D eigenvalue weighted by atomic mass is 9.87. The number of benzene rings is 1. The maximum atomic E-state index is 13.1. The Labute approximate surface area is 151 Å². The summed E-state index contributed by atoms with van der Waals surface area (Å²) in [5.74, 6) is 0.359. The Balaban J connectivity index is 1.60. The fourth-order valence-corrected chi connectivity index (χ4v) is 3.88. The predicted octanol–water partition coefficient (Wildman–Crippen LogP) is 1.83. The first-order chi connectivity index (χ1) is 12.4. The second kappa shape index (κ2) is 5.76. The van der Waals surface area contributed by atoms with Gasteiger partial charge in [-0.05, 0) is 27.8 Å². The molecule has 3 aromatic rings. The van der Waals surface area contributed by atoms with Crippen molar-refractivity contribution in [2.24, 2.45) is 5.41 Å². The van der Waals surface area contributed by atoms with Gasteiger partial charge < -0.3 is 4.90 Å². The number of rotatable bonds is 5. The molecule has 1 aromatic carbocycles. The van der Waals surface area contributed by atoms with Crippen molar-refractivity contribution in [3.63, 3.8) is 0 Å². The van der Waals surface area contributed by atoms with E-state index in [1.54, 1.807) is 4.90 Å². The quantitative estimate of drug-likeness (QED) is 0.757. The molecular weight excluding hydrogens is 330 g/mol. The van der Waals surface area contributed by atoms with Gasteiger partial charge in [0.25, 0.3) is 5.91 Å². The molecule has 1 saturated carbocycles.